The van der Waals surface area contributed by atoms with E-state index in [1.54, 1.807) is 0 Å². The molecular formula is C10H9ClN2O3. The SMILES string of the molecule is N#Cc1ccc(N[C@H](CO)C(=O)O)cc1Cl. The van der Waals surface area contributed by atoms with Crippen molar-refractivity contribution in [3.8, 4) is 6.07 Å². The number of carboxylic acid groups (broad SMARTS) is 1. The Hall–Kier alpha value is -1.77. The number of nitrogens with zero attached hydrogens (tertiary/aromatic N) is 1. The molecule has 1 atom stereocenters. The number of rotatable bonds is 4. The first-order valence-corrected chi connectivity index (χ1v) is 4.76. The van der Waals surface area contributed by atoms with Gasteiger partial charge in [0.25, 0.3) is 0 Å². The van der Waals surface area contributed by atoms with Crippen LogP contribution in [0.15, 0.2) is 18.2 Å². The number of hydrogen-bond donors (Lipinski definition) is 3. The van der Waals surface area contributed by atoms with Crippen LogP contribution < -0.4 is 5.32 Å². The molecule has 0 saturated heterocycles. The maximum absolute atomic E-state index is 10.6. The molecule has 84 valence electrons. The van der Waals surface area contributed by atoms with Crippen LogP contribution >= 0.6 is 11.6 Å². The number of carboxylic acids is 1. The standard InChI is InChI=1S/C10H9ClN2O3/c11-8-3-7(2-1-6(8)4-12)13-9(5-14)10(15)16/h1-3,9,13-14H,5H2,(H,15,16)/t9-/m1/s1. The lowest BCUT2D eigenvalue weighted by molar-refractivity contribution is -0.138. The van der Waals surface area contributed by atoms with E-state index in [1.807, 2.05) is 6.07 Å². The fraction of sp³-hybridized carbons (Fsp3) is 0.200. The fourth-order valence-electron chi connectivity index (χ4n) is 1.08. The summed E-state index contributed by atoms with van der Waals surface area (Å²) in [5, 5.41) is 28.9. The number of hydrogen-bond acceptors (Lipinski definition) is 4. The molecule has 0 unspecified atom stereocenters. The van der Waals surface area contributed by atoms with E-state index in [0.717, 1.165) is 0 Å². The lowest BCUT2D eigenvalue weighted by Gasteiger charge is -2.13. The number of aliphatic hydroxyl groups excluding tert-OH is 1. The molecule has 16 heavy (non-hydrogen) atoms. The van der Waals surface area contributed by atoms with Crippen LogP contribution in [0.5, 0.6) is 0 Å². The quantitative estimate of drug-likeness (QED) is 0.732. The van der Waals surface area contributed by atoms with Gasteiger partial charge in [-0.25, -0.2) is 4.79 Å². The lowest BCUT2D eigenvalue weighted by Crippen LogP contribution is -2.32. The predicted octanol–water partition coefficient (Wildman–Crippen LogP) is 1.07. The van der Waals surface area contributed by atoms with Crippen molar-refractivity contribution in [3.63, 3.8) is 0 Å². The monoisotopic (exact) mass is 240 g/mol. The summed E-state index contributed by atoms with van der Waals surface area (Å²) in [6, 6.07) is 5.23. The Balaban J connectivity index is 2.87. The van der Waals surface area contributed by atoms with Crippen LogP contribution in [0.4, 0.5) is 5.69 Å². The Morgan fingerprint density at radius 2 is 2.31 bits per heavy atom. The Labute approximate surface area is 96.9 Å². The molecule has 0 spiro atoms. The highest BCUT2D eigenvalue weighted by atomic mass is 35.5. The van der Waals surface area contributed by atoms with Gasteiger partial charge in [-0.3, -0.25) is 0 Å². The minimum absolute atomic E-state index is 0.231. The van der Waals surface area contributed by atoms with E-state index in [0.29, 0.717) is 11.3 Å². The number of aliphatic carboxylic acids is 1. The van der Waals surface area contributed by atoms with Crippen molar-refractivity contribution >= 4 is 23.3 Å². The molecule has 0 heterocycles. The van der Waals surface area contributed by atoms with Crippen LogP contribution in [0.25, 0.3) is 0 Å². The number of halogens is 1. The lowest BCUT2D eigenvalue weighted by atomic mass is 10.2. The average Bonchev–Trinajstić information content (AvgIpc) is 2.25. The van der Waals surface area contributed by atoms with Crippen LogP contribution in [0.3, 0.4) is 0 Å². The molecule has 5 nitrogen and oxygen atoms in total. The number of benzene rings is 1. The van der Waals surface area contributed by atoms with Crippen molar-refractivity contribution in [1.29, 1.82) is 5.26 Å². The second-order valence-corrected chi connectivity index (χ2v) is 3.43. The van der Waals surface area contributed by atoms with Gasteiger partial charge >= 0.3 is 5.97 Å². The van der Waals surface area contributed by atoms with Gasteiger partial charge in [-0.05, 0) is 18.2 Å². The third kappa shape index (κ3) is 2.86. The summed E-state index contributed by atoms with van der Waals surface area (Å²) in [6.07, 6.45) is 0. The van der Waals surface area contributed by atoms with Crippen molar-refractivity contribution in [2.24, 2.45) is 0 Å². The molecule has 0 bridgehead atoms. The molecule has 6 heteroatoms. The molecule has 0 amide bonds. The van der Waals surface area contributed by atoms with Crippen LogP contribution in [0.2, 0.25) is 5.02 Å². The van der Waals surface area contributed by atoms with E-state index in [1.165, 1.54) is 18.2 Å². The van der Waals surface area contributed by atoms with E-state index in [4.69, 9.17) is 27.1 Å². The number of aliphatic hydroxyl groups is 1. The van der Waals surface area contributed by atoms with E-state index in [2.05, 4.69) is 5.32 Å². The Morgan fingerprint density at radius 1 is 1.62 bits per heavy atom. The van der Waals surface area contributed by atoms with Crippen LogP contribution in [-0.4, -0.2) is 28.8 Å². The van der Waals surface area contributed by atoms with Gasteiger partial charge in [-0.2, -0.15) is 5.26 Å². The predicted molar refractivity (Wildman–Crippen MR) is 58.3 cm³/mol. The van der Waals surface area contributed by atoms with Gasteiger partial charge in [0.05, 0.1) is 17.2 Å². The van der Waals surface area contributed by atoms with Crippen LogP contribution in [0, 0.1) is 11.3 Å². The zero-order valence-corrected chi connectivity index (χ0v) is 8.90. The molecule has 0 saturated carbocycles. The van der Waals surface area contributed by atoms with Crippen LogP contribution in [0.1, 0.15) is 5.56 Å². The summed E-state index contributed by atoms with van der Waals surface area (Å²) < 4.78 is 0. The maximum atomic E-state index is 10.6. The molecule has 0 fully saturated rings. The highest BCUT2D eigenvalue weighted by Gasteiger charge is 2.15. The average molecular weight is 241 g/mol. The van der Waals surface area contributed by atoms with Gasteiger partial charge in [0.1, 0.15) is 12.1 Å². The van der Waals surface area contributed by atoms with Gasteiger partial charge in [-0.15, -0.1) is 0 Å². The number of nitrogens with one attached hydrogen (secondary N) is 1. The summed E-state index contributed by atoms with van der Waals surface area (Å²) in [6.45, 7) is -0.535. The van der Waals surface area contributed by atoms with Crippen molar-refractivity contribution in [3.05, 3.63) is 28.8 Å². The first-order chi connectivity index (χ1) is 7.58. The van der Waals surface area contributed by atoms with Gasteiger partial charge < -0.3 is 15.5 Å². The minimum atomic E-state index is -1.16. The zero-order chi connectivity index (χ0) is 12.1. The summed E-state index contributed by atoms with van der Waals surface area (Å²) in [4.78, 5) is 10.6. The largest absolute Gasteiger partial charge is 0.480 e. The van der Waals surface area contributed by atoms with Crippen LogP contribution in [-0.2, 0) is 4.79 Å². The number of carbonyl (C=O) groups is 1. The van der Waals surface area contributed by atoms with Gasteiger partial charge in [0, 0.05) is 5.69 Å². The minimum Gasteiger partial charge on any atom is -0.480 e. The van der Waals surface area contributed by atoms with Crippen molar-refractivity contribution in [2.75, 3.05) is 11.9 Å². The number of anilines is 1. The van der Waals surface area contributed by atoms with E-state index in [-0.39, 0.29) is 5.02 Å². The summed E-state index contributed by atoms with van der Waals surface area (Å²) in [5.74, 6) is -1.16. The topological polar surface area (TPSA) is 93.4 Å². The second-order valence-electron chi connectivity index (χ2n) is 3.02. The normalized spacial score (nSPS) is 11.6. The molecule has 0 aromatic heterocycles. The molecule has 0 aliphatic carbocycles. The summed E-state index contributed by atoms with van der Waals surface area (Å²) in [5.41, 5.74) is 0.744. The zero-order valence-electron chi connectivity index (χ0n) is 8.14. The maximum Gasteiger partial charge on any atom is 0.328 e. The third-order valence-corrected chi connectivity index (χ3v) is 2.22. The Kier molecular flexibility index (Phi) is 4.11. The molecule has 1 aromatic rings. The van der Waals surface area contributed by atoms with Gasteiger partial charge in [-0.1, -0.05) is 11.6 Å². The molecule has 0 aliphatic heterocycles. The van der Waals surface area contributed by atoms with Crippen molar-refractivity contribution < 1.29 is 15.0 Å². The third-order valence-electron chi connectivity index (χ3n) is 1.91. The van der Waals surface area contributed by atoms with E-state index in [9.17, 15) is 4.79 Å². The van der Waals surface area contributed by atoms with E-state index >= 15 is 0 Å². The van der Waals surface area contributed by atoms with Crippen molar-refractivity contribution in [2.45, 2.75) is 6.04 Å². The highest BCUT2D eigenvalue weighted by Crippen LogP contribution is 2.20. The van der Waals surface area contributed by atoms with Gasteiger partial charge in [0.2, 0.25) is 0 Å². The van der Waals surface area contributed by atoms with Gasteiger partial charge in [0.15, 0.2) is 0 Å². The molecule has 1 aromatic carbocycles. The smallest absolute Gasteiger partial charge is 0.328 e. The molecule has 3 N–H and O–H groups in total. The molecule has 1 rings (SSSR count). The highest BCUT2D eigenvalue weighted by molar-refractivity contribution is 6.32. The Bertz CT molecular complexity index is 442. The Morgan fingerprint density at radius 3 is 2.75 bits per heavy atom. The molecular weight excluding hydrogens is 232 g/mol. The molecule has 0 aliphatic rings. The summed E-state index contributed by atoms with van der Waals surface area (Å²) in [7, 11) is 0. The number of nitriles is 1. The second kappa shape index (κ2) is 5.35. The van der Waals surface area contributed by atoms with E-state index < -0.39 is 18.6 Å². The fourth-order valence-corrected chi connectivity index (χ4v) is 1.31. The van der Waals surface area contributed by atoms with Crippen molar-refractivity contribution in [1.82, 2.24) is 0 Å². The first-order valence-electron chi connectivity index (χ1n) is 4.38. The summed E-state index contributed by atoms with van der Waals surface area (Å²) >= 11 is 5.76. The first kappa shape index (κ1) is 12.3. The molecule has 0 radical (unpaired) electrons.